The number of thiophene rings is 1. The zero-order valence-electron chi connectivity index (χ0n) is 11.9. The van der Waals surface area contributed by atoms with Gasteiger partial charge in [0.25, 0.3) is 0 Å². The van der Waals surface area contributed by atoms with Crippen molar-refractivity contribution >= 4 is 27.4 Å². The summed E-state index contributed by atoms with van der Waals surface area (Å²) in [6.45, 7) is 7.16. The number of anilines is 1. The van der Waals surface area contributed by atoms with Gasteiger partial charge in [0.2, 0.25) is 0 Å². The van der Waals surface area contributed by atoms with Crippen molar-refractivity contribution < 1.29 is 0 Å². The number of hydrogen-bond donors (Lipinski definition) is 1. The van der Waals surface area contributed by atoms with E-state index in [1.165, 1.54) is 21.6 Å². The highest BCUT2D eigenvalue weighted by Crippen LogP contribution is 2.32. The minimum Gasteiger partial charge on any atom is -0.365 e. The SMILES string of the molecule is Cc1cccc(CNc2ncnc3sc(C)c(C)c23)c1. The van der Waals surface area contributed by atoms with Crippen LogP contribution in [0.3, 0.4) is 0 Å². The van der Waals surface area contributed by atoms with Crippen LogP contribution in [0, 0.1) is 20.8 Å². The minimum absolute atomic E-state index is 0.780. The number of aryl methyl sites for hydroxylation is 3. The quantitative estimate of drug-likeness (QED) is 0.781. The average Bonchev–Trinajstić information content (AvgIpc) is 2.73. The third kappa shape index (κ3) is 2.39. The van der Waals surface area contributed by atoms with E-state index in [0.29, 0.717) is 0 Å². The van der Waals surface area contributed by atoms with E-state index in [9.17, 15) is 0 Å². The normalized spacial score (nSPS) is 10.9. The van der Waals surface area contributed by atoms with Gasteiger partial charge in [-0.3, -0.25) is 0 Å². The lowest BCUT2D eigenvalue weighted by atomic mass is 10.1. The predicted molar refractivity (Wildman–Crippen MR) is 85.4 cm³/mol. The molecule has 20 heavy (non-hydrogen) atoms. The second-order valence-corrected chi connectivity index (χ2v) is 6.23. The molecule has 0 aliphatic heterocycles. The molecule has 0 saturated heterocycles. The van der Waals surface area contributed by atoms with Crippen LogP contribution in [0.15, 0.2) is 30.6 Å². The van der Waals surface area contributed by atoms with E-state index in [1.54, 1.807) is 17.7 Å². The van der Waals surface area contributed by atoms with Gasteiger partial charge in [-0.15, -0.1) is 11.3 Å². The fourth-order valence-electron chi connectivity index (χ4n) is 2.32. The molecule has 0 saturated carbocycles. The third-order valence-electron chi connectivity index (χ3n) is 3.51. The standard InChI is InChI=1S/C16H17N3S/c1-10-5-4-6-13(7-10)8-17-15-14-11(2)12(3)20-16(14)19-9-18-15/h4-7,9H,8H2,1-3H3,(H,17,18,19). The van der Waals surface area contributed by atoms with Crippen molar-refractivity contribution in [2.75, 3.05) is 5.32 Å². The van der Waals surface area contributed by atoms with Crippen molar-refractivity contribution in [2.45, 2.75) is 27.3 Å². The zero-order chi connectivity index (χ0) is 14.1. The molecule has 2 heterocycles. The smallest absolute Gasteiger partial charge is 0.138 e. The Kier molecular flexibility index (Phi) is 3.40. The molecule has 0 radical (unpaired) electrons. The van der Waals surface area contributed by atoms with Crippen LogP contribution in [0.1, 0.15) is 21.6 Å². The van der Waals surface area contributed by atoms with E-state index in [1.807, 2.05) is 0 Å². The van der Waals surface area contributed by atoms with E-state index in [4.69, 9.17) is 0 Å². The molecule has 0 aliphatic carbocycles. The van der Waals surface area contributed by atoms with Crippen LogP contribution in [0.25, 0.3) is 10.2 Å². The lowest BCUT2D eigenvalue weighted by Crippen LogP contribution is -2.02. The summed E-state index contributed by atoms with van der Waals surface area (Å²) in [5.41, 5.74) is 3.82. The summed E-state index contributed by atoms with van der Waals surface area (Å²) in [5, 5.41) is 4.60. The number of fused-ring (bicyclic) bond motifs is 1. The Hall–Kier alpha value is -1.94. The number of nitrogens with one attached hydrogen (secondary N) is 1. The van der Waals surface area contributed by atoms with Crippen molar-refractivity contribution in [3.63, 3.8) is 0 Å². The molecule has 0 aliphatic rings. The maximum absolute atomic E-state index is 4.40. The van der Waals surface area contributed by atoms with Gasteiger partial charge in [0.05, 0.1) is 5.39 Å². The molecule has 2 aromatic heterocycles. The van der Waals surface area contributed by atoms with Crippen molar-refractivity contribution in [2.24, 2.45) is 0 Å². The monoisotopic (exact) mass is 283 g/mol. The molecule has 0 amide bonds. The first-order valence-electron chi connectivity index (χ1n) is 6.65. The van der Waals surface area contributed by atoms with Crippen LogP contribution in [0.5, 0.6) is 0 Å². The van der Waals surface area contributed by atoms with Gasteiger partial charge in [-0.2, -0.15) is 0 Å². The first-order valence-corrected chi connectivity index (χ1v) is 7.47. The molecule has 0 spiro atoms. The molecule has 3 aromatic rings. The Morgan fingerprint density at radius 2 is 2.00 bits per heavy atom. The van der Waals surface area contributed by atoms with Gasteiger partial charge in [-0.05, 0) is 31.9 Å². The Morgan fingerprint density at radius 3 is 2.80 bits per heavy atom. The lowest BCUT2D eigenvalue weighted by molar-refractivity contribution is 1.10. The molecule has 1 N–H and O–H groups in total. The number of rotatable bonds is 3. The van der Waals surface area contributed by atoms with Crippen molar-refractivity contribution in [1.29, 1.82) is 0 Å². The predicted octanol–water partition coefficient (Wildman–Crippen LogP) is 4.23. The Balaban J connectivity index is 1.91. The molecule has 102 valence electrons. The van der Waals surface area contributed by atoms with Crippen LogP contribution in [-0.4, -0.2) is 9.97 Å². The summed E-state index contributed by atoms with van der Waals surface area (Å²) in [6.07, 6.45) is 1.64. The molecule has 0 atom stereocenters. The van der Waals surface area contributed by atoms with Crippen molar-refractivity contribution in [3.05, 3.63) is 52.2 Å². The van der Waals surface area contributed by atoms with Crippen LogP contribution in [-0.2, 0) is 6.54 Å². The topological polar surface area (TPSA) is 37.8 Å². The fourth-order valence-corrected chi connectivity index (χ4v) is 3.32. The Labute approximate surface area is 122 Å². The largest absolute Gasteiger partial charge is 0.365 e. The molecule has 1 aromatic carbocycles. The summed E-state index contributed by atoms with van der Waals surface area (Å²) in [5.74, 6) is 0.929. The summed E-state index contributed by atoms with van der Waals surface area (Å²) >= 11 is 1.73. The van der Waals surface area contributed by atoms with E-state index in [-0.39, 0.29) is 0 Å². The summed E-state index contributed by atoms with van der Waals surface area (Å²) in [6, 6.07) is 8.52. The fraction of sp³-hybridized carbons (Fsp3) is 0.250. The molecule has 0 fully saturated rings. The second kappa shape index (κ2) is 5.21. The number of hydrogen-bond acceptors (Lipinski definition) is 4. The molecule has 0 unspecified atom stereocenters. The third-order valence-corrected chi connectivity index (χ3v) is 4.62. The zero-order valence-corrected chi connectivity index (χ0v) is 12.7. The van der Waals surface area contributed by atoms with Gasteiger partial charge in [0.1, 0.15) is 17.0 Å². The van der Waals surface area contributed by atoms with E-state index in [0.717, 1.165) is 22.6 Å². The maximum atomic E-state index is 4.40. The van der Waals surface area contributed by atoms with Gasteiger partial charge in [-0.25, -0.2) is 9.97 Å². The Bertz CT molecular complexity index is 762. The molecular weight excluding hydrogens is 266 g/mol. The van der Waals surface area contributed by atoms with Crippen molar-refractivity contribution in [1.82, 2.24) is 9.97 Å². The highest BCUT2D eigenvalue weighted by Gasteiger charge is 2.11. The lowest BCUT2D eigenvalue weighted by Gasteiger charge is -2.08. The molecule has 3 rings (SSSR count). The van der Waals surface area contributed by atoms with Crippen LogP contribution < -0.4 is 5.32 Å². The van der Waals surface area contributed by atoms with Crippen LogP contribution >= 0.6 is 11.3 Å². The summed E-state index contributed by atoms with van der Waals surface area (Å²) < 4.78 is 0. The number of aromatic nitrogens is 2. The molecular formula is C16H17N3S. The van der Waals surface area contributed by atoms with Crippen molar-refractivity contribution in [3.8, 4) is 0 Å². The van der Waals surface area contributed by atoms with Gasteiger partial charge < -0.3 is 5.32 Å². The van der Waals surface area contributed by atoms with Crippen LogP contribution in [0.4, 0.5) is 5.82 Å². The van der Waals surface area contributed by atoms with Gasteiger partial charge in [0.15, 0.2) is 0 Å². The first kappa shape index (κ1) is 13.1. The average molecular weight is 283 g/mol. The number of benzene rings is 1. The molecule has 4 heteroatoms. The van der Waals surface area contributed by atoms with E-state index in [2.05, 4.69) is 60.3 Å². The van der Waals surface area contributed by atoms with E-state index < -0.39 is 0 Å². The second-order valence-electron chi connectivity index (χ2n) is 5.03. The van der Waals surface area contributed by atoms with Gasteiger partial charge in [0, 0.05) is 11.4 Å². The first-order chi connectivity index (χ1) is 9.65. The Morgan fingerprint density at radius 1 is 1.15 bits per heavy atom. The van der Waals surface area contributed by atoms with Crippen LogP contribution in [0.2, 0.25) is 0 Å². The van der Waals surface area contributed by atoms with Gasteiger partial charge >= 0.3 is 0 Å². The van der Waals surface area contributed by atoms with Gasteiger partial charge in [-0.1, -0.05) is 29.8 Å². The number of nitrogens with zero attached hydrogens (tertiary/aromatic N) is 2. The molecule has 0 bridgehead atoms. The molecule has 3 nitrogen and oxygen atoms in total. The summed E-state index contributed by atoms with van der Waals surface area (Å²) in [7, 11) is 0. The minimum atomic E-state index is 0.780. The highest BCUT2D eigenvalue weighted by molar-refractivity contribution is 7.18. The van der Waals surface area contributed by atoms with E-state index >= 15 is 0 Å². The maximum Gasteiger partial charge on any atom is 0.138 e. The highest BCUT2D eigenvalue weighted by atomic mass is 32.1. The summed E-state index contributed by atoms with van der Waals surface area (Å²) in [4.78, 5) is 11.1.